The SMILES string of the molecule is NCc1ccc(S(=O)(=O)NCc2cccs2)c(F)c1. The monoisotopic (exact) mass is 300 g/mol. The topological polar surface area (TPSA) is 72.2 Å². The zero-order valence-electron chi connectivity index (χ0n) is 9.97. The Morgan fingerprint density at radius 1 is 1.32 bits per heavy atom. The van der Waals surface area contributed by atoms with Crippen LogP contribution < -0.4 is 10.5 Å². The van der Waals surface area contributed by atoms with E-state index in [1.54, 1.807) is 6.07 Å². The Hall–Kier alpha value is -1.28. The highest BCUT2D eigenvalue weighted by atomic mass is 32.2. The van der Waals surface area contributed by atoms with Crippen LogP contribution in [0, 0.1) is 5.82 Å². The molecule has 0 spiro atoms. The Kier molecular flexibility index (Phi) is 4.31. The van der Waals surface area contributed by atoms with Gasteiger partial charge in [0.05, 0.1) is 0 Å². The first-order valence-electron chi connectivity index (χ1n) is 5.53. The Labute approximate surface area is 115 Å². The van der Waals surface area contributed by atoms with Crippen molar-refractivity contribution in [2.24, 2.45) is 5.73 Å². The standard InChI is InChI=1S/C12H13FN2O2S2/c13-11-6-9(7-14)3-4-12(11)19(16,17)15-8-10-2-1-5-18-10/h1-6,15H,7-8,14H2. The number of hydrogen-bond donors (Lipinski definition) is 2. The van der Waals surface area contributed by atoms with Crippen molar-refractivity contribution in [1.82, 2.24) is 4.72 Å². The van der Waals surface area contributed by atoms with Gasteiger partial charge in [-0.1, -0.05) is 12.1 Å². The van der Waals surface area contributed by atoms with Crippen molar-refractivity contribution in [3.8, 4) is 0 Å². The quantitative estimate of drug-likeness (QED) is 0.885. The first-order chi connectivity index (χ1) is 9.03. The van der Waals surface area contributed by atoms with Crippen LogP contribution in [0.25, 0.3) is 0 Å². The van der Waals surface area contributed by atoms with Gasteiger partial charge in [-0.05, 0) is 29.1 Å². The smallest absolute Gasteiger partial charge is 0.243 e. The molecule has 3 N–H and O–H groups in total. The summed E-state index contributed by atoms with van der Waals surface area (Å²) in [6, 6.07) is 7.50. The van der Waals surface area contributed by atoms with Gasteiger partial charge in [-0.25, -0.2) is 17.5 Å². The second kappa shape index (κ2) is 5.79. The minimum Gasteiger partial charge on any atom is -0.326 e. The van der Waals surface area contributed by atoms with Gasteiger partial charge in [0.2, 0.25) is 10.0 Å². The third-order valence-electron chi connectivity index (χ3n) is 2.54. The van der Waals surface area contributed by atoms with E-state index in [0.29, 0.717) is 5.56 Å². The summed E-state index contributed by atoms with van der Waals surface area (Å²) >= 11 is 1.43. The van der Waals surface area contributed by atoms with E-state index in [-0.39, 0.29) is 18.0 Å². The van der Waals surface area contributed by atoms with Gasteiger partial charge >= 0.3 is 0 Å². The van der Waals surface area contributed by atoms with Gasteiger partial charge in [0.15, 0.2) is 0 Å². The molecule has 0 unspecified atom stereocenters. The molecule has 0 amide bonds. The molecule has 1 heterocycles. The first kappa shape index (κ1) is 14.1. The summed E-state index contributed by atoms with van der Waals surface area (Å²) in [7, 11) is -3.85. The van der Waals surface area contributed by atoms with Crippen LogP contribution in [0.4, 0.5) is 4.39 Å². The molecular weight excluding hydrogens is 287 g/mol. The van der Waals surface area contributed by atoms with E-state index < -0.39 is 15.8 Å². The normalized spacial score (nSPS) is 11.7. The molecule has 0 aliphatic heterocycles. The Bertz CT molecular complexity index is 654. The summed E-state index contributed by atoms with van der Waals surface area (Å²) in [5, 5.41) is 1.85. The molecule has 19 heavy (non-hydrogen) atoms. The zero-order chi connectivity index (χ0) is 13.9. The molecule has 0 bridgehead atoms. The minimum atomic E-state index is -3.85. The number of nitrogens with two attached hydrogens (primary N) is 1. The maximum atomic E-state index is 13.7. The molecule has 0 aliphatic rings. The lowest BCUT2D eigenvalue weighted by Gasteiger charge is -2.07. The van der Waals surface area contributed by atoms with Crippen molar-refractivity contribution in [1.29, 1.82) is 0 Å². The Balaban J connectivity index is 2.19. The maximum Gasteiger partial charge on any atom is 0.243 e. The van der Waals surface area contributed by atoms with Gasteiger partial charge in [-0.2, -0.15) is 0 Å². The number of nitrogens with one attached hydrogen (secondary N) is 1. The minimum absolute atomic E-state index is 0.151. The van der Waals surface area contributed by atoms with E-state index >= 15 is 0 Å². The van der Waals surface area contributed by atoms with Crippen molar-refractivity contribution < 1.29 is 12.8 Å². The molecule has 0 saturated carbocycles. The second-order valence-corrected chi connectivity index (χ2v) is 6.64. The van der Waals surface area contributed by atoms with E-state index in [1.165, 1.54) is 23.5 Å². The molecule has 102 valence electrons. The summed E-state index contributed by atoms with van der Waals surface area (Å²) in [6.45, 7) is 0.317. The molecule has 2 aromatic rings. The molecule has 7 heteroatoms. The van der Waals surface area contributed by atoms with Crippen LogP contribution in [0.2, 0.25) is 0 Å². The van der Waals surface area contributed by atoms with Crippen molar-refractivity contribution in [2.75, 3.05) is 0 Å². The van der Waals surface area contributed by atoms with Gasteiger partial charge < -0.3 is 5.73 Å². The molecule has 1 aromatic heterocycles. The van der Waals surface area contributed by atoms with E-state index in [9.17, 15) is 12.8 Å². The van der Waals surface area contributed by atoms with Gasteiger partial charge in [-0.15, -0.1) is 11.3 Å². The predicted molar refractivity (Wildman–Crippen MR) is 72.6 cm³/mol. The van der Waals surface area contributed by atoms with Crippen LogP contribution in [-0.2, 0) is 23.1 Å². The third kappa shape index (κ3) is 3.38. The highest BCUT2D eigenvalue weighted by Crippen LogP contribution is 2.17. The number of hydrogen-bond acceptors (Lipinski definition) is 4. The number of halogens is 1. The highest BCUT2D eigenvalue weighted by molar-refractivity contribution is 7.89. The number of benzene rings is 1. The van der Waals surface area contributed by atoms with E-state index in [1.807, 2.05) is 11.4 Å². The fourth-order valence-corrected chi connectivity index (χ4v) is 3.35. The second-order valence-electron chi connectivity index (χ2n) is 3.87. The van der Waals surface area contributed by atoms with Crippen LogP contribution in [-0.4, -0.2) is 8.42 Å². The van der Waals surface area contributed by atoms with Gasteiger partial charge in [0, 0.05) is 18.0 Å². The fraction of sp³-hybridized carbons (Fsp3) is 0.167. The average Bonchev–Trinajstić information content (AvgIpc) is 2.89. The van der Waals surface area contributed by atoms with E-state index in [2.05, 4.69) is 4.72 Å². The molecule has 0 atom stereocenters. The summed E-state index contributed by atoms with van der Waals surface area (Å²) in [5.41, 5.74) is 5.92. The fourth-order valence-electron chi connectivity index (χ4n) is 1.55. The van der Waals surface area contributed by atoms with Crippen LogP contribution in [0.5, 0.6) is 0 Å². The van der Waals surface area contributed by atoms with Gasteiger partial charge in [-0.3, -0.25) is 0 Å². The molecule has 1 aromatic carbocycles. The highest BCUT2D eigenvalue weighted by Gasteiger charge is 2.18. The molecule has 2 rings (SSSR count). The van der Waals surface area contributed by atoms with Crippen molar-refractivity contribution in [3.63, 3.8) is 0 Å². The van der Waals surface area contributed by atoms with E-state index in [4.69, 9.17) is 5.73 Å². The van der Waals surface area contributed by atoms with Crippen LogP contribution in [0.1, 0.15) is 10.4 Å². The number of rotatable bonds is 5. The molecule has 0 saturated heterocycles. The molecule has 0 aliphatic carbocycles. The first-order valence-corrected chi connectivity index (χ1v) is 7.90. The van der Waals surface area contributed by atoms with Crippen molar-refractivity contribution in [3.05, 3.63) is 52.0 Å². The lowest BCUT2D eigenvalue weighted by Crippen LogP contribution is -2.24. The van der Waals surface area contributed by atoms with Crippen LogP contribution in [0.15, 0.2) is 40.6 Å². The van der Waals surface area contributed by atoms with Crippen LogP contribution >= 0.6 is 11.3 Å². The molecule has 0 fully saturated rings. The van der Waals surface area contributed by atoms with Crippen molar-refractivity contribution in [2.45, 2.75) is 18.0 Å². The molecular formula is C12H13FN2O2S2. The Morgan fingerprint density at radius 3 is 2.68 bits per heavy atom. The zero-order valence-corrected chi connectivity index (χ0v) is 11.6. The summed E-state index contributed by atoms with van der Waals surface area (Å²) in [6.07, 6.45) is 0. The largest absolute Gasteiger partial charge is 0.326 e. The van der Waals surface area contributed by atoms with Gasteiger partial charge in [0.1, 0.15) is 10.7 Å². The van der Waals surface area contributed by atoms with Crippen molar-refractivity contribution >= 4 is 21.4 Å². The number of sulfonamides is 1. The van der Waals surface area contributed by atoms with Crippen LogP contribution in [0.3, 0.4) is 0 Å². The maximum absolute atomic E-state index is 13.7. The summed E-state index contributed by atoms with van der Waals surface area (Å²) < 4.78 is 40.0. The number of thiophene rings is 1. The van der Waals surface area contributed by atoms with Gasteiger partial charge in [0.25, 0.3) is 0 Å². The summed E-state index contributed by atoms with van der Waals surface area (Å²) in [4.78, 5) is 0.504. The molecule has 0 radical (unpaired) electrons. The molecule has 4 nitrogen and oxygen atoms in total. The summed E-state index contributed by atoms with van der Waals surface area (Å²) in [5.74, 6) is -0.790. The Morgan fingerprint density at radius 2 is 2.11 bits per heavy atom. The third-order valence-corrected chi connectivity index (χ3v) is 4.85. The van der Waals surface area contributed by atoms with E-state index in [0.717, 1.165) is 10.9 Å². The average molecular weight is 300 g/mol. The predicted octanol–water partition coefficient (Wildman–Crippen LogP) is 1.82. The lowest BCUT2D eigenvalue weighted by atomic mass is 10.2. The lowest BCUT2D eigenvalue weighted by molar-refractivity contribution is 0.556.